The molecule has 2 aromatic heterocycles. The maximum absolute atomic E-state index is 12.1. The summed E-state index contributed by atoms with van der Waals surface area (Å²) in [6.07, 6.45) is 0. The zero-order valence-electron chi connectivity index (χ0n) is 11.8. The molecule has 20 heavy (non-hydrogen) atoms. The monoisotopic (exact) mass is 315 g/mol. The van der Waals surface area contributed by atoms with Gasteiger partial charge in [0, 0.05) is 14.1 Å². The normalized spacial score (nSPS) is 12.7. The highest BCUT2D eigenvalue weighted by molar-refractivity contribution is 7.88. The lowest BCUT2D eigenvalue weighted by Gasteiger charge is -2.10. The van der Waals surface area contributed by atoms with Crippen molar-refractivity contribution in [2.45, 2.75) is 25.5 Å². The molecule has 0 saturated carbocycles. The van der Waals surface area contributed by atoms with E-state index in [-0.39, 0.29) is 23.1 Å². The predicted octanol–water partition coefficient (Wildman–Crippen LogP) is 1.50. The molecule has 0 fully saturated rings. The zero-order valence-corrected chi connectivity index (χ0v) is 13.4. The average molecular weight is 315 g/mol. The molecule has 0 unspecified atom stereocenters. The minimum absolute atomic E-state index is 0.174. The van der Waals surface area contributed by atoms with E-state index < -0.39 is 10.0 Å². The molecular weight excluding hydrogens is 298 g/mol. The number of fused-ring (bicyclic) bond motifs is 1. The van der Waals surface area contributed by atoms with Crippen LogP contribution in [0.4, 0.5) is 0 Å². The van der Waals surface area contributed by atoms with Crippen LogP contribution in [0.5, 0.6) is 0 Å². The number of thiophene rings is 1. The lowest BCUT2D eigenvalue weighted by molar-refractivity contribution is 0.518. The first-order valence-electron chi connectivity index (χ1n) is 6.13. The number of nitrogens with one attached hydrogen (secondary N) is 1. The van der Waals surface area contributed by atoms with Crippen LogP contribution in [-0.4, -0.2) is 36.8 Å². The fourth-order valence-corrected chi connectivity index (χ4v) is 3.67. The second-order valence-corrected chi connectivity index (χ2v) is 8.12. The van der Waals surface area contributed by atoms with Crippen LogP contribution in [0.2, 0.25) is 0 Å². The largest absolute Gasteiger partial charge is 0.309 e. The summed E-state index contributed by atoms with van der Waals surface area (Å²) >= 11 is 1.37. The summed E-state index contributed by atoms with van der Waals surface area (Å²) in [5.74, 6) is 0.0939. The van der Waals surface area contributed by atoms with Crippen molar-refractivity contribution in [1.82, 2.24) is 14.3 Å². The van der Waals surface area contributed by atoms with Gasteiger partial charge in [0.1, 0.15) is 16.4 Å². The molecule has 6 nitrogen and oxygen atoms in total. The van der Waals surface area contributed by atoms with Gasteiger partial charge in [-0.1, -0.05) is 13.8 Å². The van der Waals surface area contributed by atoms with Gasteiger partial charge in [0.15, 0.2) is 0 Å². The number of nitrogens with zero attached hydrogens (tertiary/aromatic N) is 2. The van der Waals surface area contributed by atoms with E-state index >= 15 is 0 Å². The van der Waals surface area contributed by atoms with Crippen LogP contribution in [0, 0.1) is 0 Å². The van der Waals surface area contributed by atoms with Gasteiger partial charge in [-0.25, -0.2) is 17.7 Å². The third-order valence-corrected chi connectivity index (χ3v) is 5.66. The Morgan fingerprint density at radius 1 is 1.40 bits per heavy atom. The van der Waals surface area contributed by atoms with E-state index in [0.29, 0.717) is 10.2 Å². The number of H-pyrrole nitrogens is 1. The van der Waals surface area contributed by atoms with Crippen molar-refractivity contribution in [3.63, 3.8) is 0 Å². The molecule has 2 heterocycles. The number of rotatable bonds is 4. The van der Waals surface area contributed by atoms with E-state index in [2.05, 4.69) is 9.97 Å². The molecule has 0 radical (unpaired) electrons. The Balaban J connectivity index is 2.53. The van der Waals surface area contributed by atoms with E-state index in [1.165, 1.54) is 25.4 Å². The molecule has 110 valence electrons. The lowest BCUT2D eigenvalue weighted by Crippen LogP contribution is -2.25. The highest BCUT2D eigenvalue weighted by atomic mass is 32.2. The molecule has 8 heteroatoms. The second-order valence-electron chi connectivity index (χ2n) is 5.08. The summed E-state index contributed by atoms with van der Waals surface area (Å²) in [5, 5.41) is 2.47. The van der Waals surface area contributed by atoms with Crippen molar-refractivity contribution in [1.29, 1.82) is 0 Å². The van der Waals surface area contributed by atoms with Gasteiger partial charge in [-0.2, -0.15) is 0 Å². The smallest absolute Gasteiger partial charge is 0.259 e. The van der Waals surface area contributed by atoms with Gasteiger partial charge in [-0.15, -0.1) is 11.3 Å². The Bertz CT molecular complexity index is 788. The van der Waals surface area contributed by atoms with Crippen molar-refractivity contribution >= 4 is 31.6 Å². The fraction of sp³-hybridized carbons (Fsp3) is 0.500. The Kier molecular flexibility index (Phi) is 3.99. The quantitative estimate of drug-likeness (QED) is 0.927. The maximum Gasteiger partial charge on any atom is 0.259 e. The Morgan fingerprint density at radius 2 is 2.05 bits per heavy atom. The molecule has 0 aliphatic carbocycles. The highest BCUT2D eigenvalue weighted by Gasteiger charge is 2.19. The van der Waals surface area contributed by atoms with Gasteiger partial charge >= 0.3 is 0 Å². The molecule has 0 bridgehead atoms. The van der Waals surface area contributed by atoms with Crippen LogP contribution in [-0.2, 0) is 15.8 Å². The van der Waals surface area contributed by atoms with Crippen LogP contribution in [0.1, 0.15) is 31.2 Å². The Labute approximate surface area is 121 Å². The van der Waals surface area contributed by atoms with E-state index in [1.807, 2.05) is 19.2 Å². The summed E-state index contributed by atoms with van der Waals surface area (Å²) in [6.45, 7) is 4.01. The minimum Gasteiger partial charge on any atom is -0.309 e. The SMILES string of the molecule is CC(C)c1csc2nc(CS(=O)(=O)N(C)C)[nH]c(=O)c12. The molecule has 0 aromatic carbocycles. The summed E-state index contributed by atoms with van der Waals surface area (Å²) < 4.78 is 24.8. The third-order valence-electron chi connectivity index (χ3n) is 3.02. The van der Waals surface area contributed by atoms with Gasteiger partial charge in [-0.3, -0.25) is 4.79 Å². The number of hydrogen-bond donors (Lipinski definition) is 1. The number of hydrogen-bond acceptors (Lipinski definition) is 5. The molecule has 0 aliphatic heterocycles. The van der Waals surface area contributed by atoms with Gasteiger partial charge in [-0.05, 0) is 16.9 Å². The first kappa shape index (κ1) is 15.1. The predicted molar refractivity (Wildman–Crippen MR) is 80.6 cm³/mol. The Hall–Kier alpha value is -1.25. The van der Waals surface area contributed by atoms with Crippen LogP contribution in [0.25, 0.3) is 10.2 Å². The molecule has 2 aromatic rings. The number of aromatic nitrogens is 2. The molecule has 1 N–H and O–H groups in total. The second kappa shape index (κ2) is 5.27. The van der Waals surface area contributed by atoms with Gasteiger partial charge in [0.05, 0.1) is 5.39 Å². The first-order chi connectivity index (χ1) is 9.22. The maximum atomic E-state index is 12.1. The van der Waals surface area contributed by atoms with Crippen LogP contribution >= 0.6 is 11.3 Å². The van der Waals surface area contributed by atoms with E-state index in [9.17, 15) is 13.2 Å². The van der Waals surface area contributed by atoms with Gasteiger partial charge in [0.2, 0.25) is 10.0 Å². The topological polar surface area (TPSA) is 83.1 Å². The van der Waals surface area contributed by atoms with Crippen LogP contribution < -0.4 is 5.56 Å². The van der Waals surface area contributed by atoms with Crippen molar-refractivity contribution < 1.29 is 8.42 Å². The van der Waals surface area contributed by atoms with E-state index in [4.69, 9.17) is 0 Å². The fourth-order valence-electron chi connectivity index (χ4n) is 1.81. The van der Waals surface area contributed by atoms with Crippen molar-refractivity contribution in [3.8, 4) is 0 Å². The standard InChI is InChI=1S/C12H17N3O3S2/c1-7(2)8-5-19-12-10(8)11(16)13-9(14-12)6-20(17,18)15(3)4/h5,7H,6H2,1-4H3,(H,13,14,16). The summed E-state index contributed by atoms with van der Waals surface area (Å²) in [6, 6.07) is 0. The Morgan fingerprint density at radius 3 is 2.60 bits per heavy atom. The van der Waals surface area contributed by atoms with Crippen LogP contribution in [0.15, 0.2) is 10.2 Å². The molecule has 0 saturated heterocycles. The highest BCUT2D eigenvalue weighted by Crippen LogP contribution is 2.27. The van der Waals surface area contributed by atoms with Crippen molar-refractivity contribution in [2.24, 2.45) is 0 Å². The van der Waals surface area contributed by atoms with Crippen molar-refractivity contribution in [3.05, 3.63) is 27.1 Å². The molecule has 0 atom stereocenters. The summed E-state index contributed by atoms with van der Waals surface area (Å²) in [5.41, 5.74) is 0.671. The average Bonchev–Trinajstić information content (AvgIpc) is 2.72. The number of aromatic amines is 1. The minimum atomic E-state index is -3.44. The van der Waals surface area contributed by atoms with Crippen molar-refractivity contribution in [2.75, 3.05) is 14.1 Å². The number of sulfonamides is 1. The first-order valence-corrected chi connectivity index (χ1v) is 8.61. The zero-order chi connectivity index (χ0) is 15.1. The van der Waals surface area contributed by atoms with E-state index in [1.54, 1.807) is 0 Å². The summed E-state index contributed by atoms with van der Waals surface area (Å²) in [4.78, 5) is 19.6. The van der Waals surface area contributed by atoms with Gasteiger partial charge in [0.25, 0.3) is 5.56 Å². The molecule has 0 amide bonds. The van der Waals surface area contributed by atoms with Gasteiger partial charge < -0.3 is 4.98 Å². The molecule has 0 aliphatic rings. The molecule has 2 rings (SSSR count). The lowest BCUT2D eigenvalue weighted by atomic mass is 10.0. The third kappa shape index (κ3) is 2.77. The van der Waals surface area contributed by atoms with Crippen LogP contribution in [0.3, 0.4) is 0 Å². The molecule has 0 spiro atoms. The molecular formula is C12H17N3O3S2. The van der Waals surface area contributed by atoms with E-state index in [0.717, 1.165) is 9.87 Å². The summed E-state index contributed by atoms with van der Waals surface area (Å²) in [7, 11) is -0.536.